The molecule has 232 valence electrons. The molecule has 43 heavy (non-hydrogen) atoms. The van der Waals surface area contributed by atoms with E-state index in [-0.39, 0.29) is 23.5 Å². The molecule has 0 saturated carbocycles. The van der Waals surface area contributed by atoms with Crippen LogP contribution < -0.4 is 9.47 Å². The second-order valence-corrected chi connectivity index (χ2v) is 11.4. The van der Waals surface area contributed by atoms with E-state index >= 15 is 0 Å². The normalized spacial score (nSPS) is 11.6. The average molecular weight is 611 g/mol. The van der Waals surface area contributed by atoms with Crippen molar-refractivity contribution in [1.29, 1.82) is 0 Å². The number of rotatable bonds is 19. The van der Waals surface area contributed by atoms with Crippen molar-refractivity contribution in [3.63, 3.8) is 0 Å². The molecule has 0 amide bonds. The lowest BCUT2D eigenvalue weighted by Gasteiger charge is -2.14. The topological polar surface area (TPSA) is 71.1 Å². The molecule has 1 atom stereocenters. The van der Waals surface area contributed by atoms with Crippen LogP contribution in [0.3, 0.4) is 0 Å². The van der Waals surface area contributed by atoms with E-state index in [1.807, 2.05) is 42.7 Å². The molecule has 0 unspecified atom stereocenters. The van der Waals surface area contributed by atoms with E-state index in [0.29, 0.717) is 13.2 Å². The van der Waals surface area contributed by atoms with Crippen LogP contribution in [-0.2, 0) is 9.47 Å². The molecule has 0 saturated heterocycles. The quantitative estimate of drug-likeness (QED) is 0.0763. The first kappa shape index (κ1) is 34.1. The van der Waals surface area contributed by atoms with Gasteiger partial charge in [-0.05, 0) is 73.2 Å². The molecule has 0 aliphatic heterocycles. The Morgan fingerprint density at radius 1 is 0.791 bits per heavy atom. The zero-order valence-corrected chi connectivity index (χ0v) is 26.3. The lowest BCUT2D eigenvalue weighted by molar-refractivity contribution is 0.00481. The fraction of sp³-hybridized carbons (Fsp3) is 0.429. The summed E-state index contributed by atoms with van der Waals surface area (Å²) >= 11 is 1.66. The number of benzene rings is 3. The van der Waals surface area contributed by atoms with Gasteiger partial charge < -0.3 is 18.9 Å². The molecule has 0 fully saturated rings. The van der Waals surface area contributed by atoms with Crippen molar-refractivity contribution in [2.45, 2.75) is 64.9 Å². The van der Waals surface area contributed by atoms with Gasteiger partial charge in [0, 0.05) is 5.75 Å². The highest BCUT2D eigenvalue weighted by Crippen LogP contribution is 2.25. The van der Waals surface area contributed by atoms with Gasteiger partial charge in [0.2, 0.25) is 0 Å². The van der Waals surface area contributed by atoms with Crippen LogP contribution in [0.1, 0.15) is 79.5 Å². The number of carbonyl (C=O) groups is 2. The van der Waals surface area contributed by atoms with E-state index in [1.54, 1.807) is 30.8 Å². The predicted molar refractivity (Wildman–Crippen MR) is 171 cm³/mol. The molecule has 3 rings (SSSR count). The summed E-state index contributed by atoms with van der Waals surface area (Å²) in [6, 6.07) is 18.4. The number of ether oxygens (including phenoxy) is 4. The highest BCUT2D eigenvalue weighted by atomic mass is 32.2. The van der Waals surface area contributed by atoms with Gasteiger partial charge in [0.1, 0.15) is 11.9 Å². The molecule has 0 spiro atoms. The smallest absolute Gasteiger partial charge is 0.343 e. The van der Waals surface area contributed by atoms with Gasteiger partial charge in [-0.3, -0.25) is 0 Å². The Labute approximate surface area is 259 Å². The van der Waals surface area contributed by atoms with Gasteiger partial charge in [0.05, 0.1) is 30.9 Å². The maximum atomic E-state index is 14.7. The number of hydrogen-bond acceptors (Lipinski definition) is 7. The number of hydrogen-bond donors (Lipinski definition) is 0. The fourth-order valence-corrected chi connectivity index (χ4v) is 4.62. The molecular weight excluding hydrogens is 567 g/mol. The van der Waals surface area contributed by atoms with Crippen molar-refractivity contribution in [2.75, 3.05) is 31.8 Å². The van der Waals surface area contributed by atoms with E-state index in [2.05, 4.69) is 6.92 Å². The van der Waals surface area contributed by atoms with Gasteiger partial charge >= 0.3 is 11.9 Å². The Balaban J connectivity index is 1.46. The highest BCUT2D eigenvalue weighted by Gasteiger charge is 2.17. The van der Waals surface area contributed by atoms with Crippen molar-refractivity contribution in [3.8, 4) is 22.6 Å². The summed E-state index contributed by atoms with van der Waals surface area (Å²) in [5.41, 5.74) is 2.20. The first-order chi connectivity index (χ1) is 20.9. The fourth-order valence-electron chi connectivity index (χ4n) is 4.34. The number of carbonyl (C=O) groups excluding carboxylic acids is 2. The van der Waals surface area contributed by atoms with E-state index in [4.69, 9.17) is 18.9 Å². The number of thioether (sulfide) groups is 1. The number of unbranched alkanes of at least 4 members (excludes halogenated alkanes) is 6. The summed E-state index contributed by atoms with van der Waals surface area (Å²) in [5, 5.41) is 0. The molecule has 0 bridgehead atoms. The summed E-state index contributed by atoms with van der Waals surface area (Å²) in [7, 11) is 0. The van der Waals surface area contributed by atoms with E-state index in [1.165, 1.54) is 50.7 Å². The van der Waals surface area contributed by atoms with Gasteiger partial charge in [-0.1, -0.05) is 69.7 Å². The predicted octanol–water partition coefficient (Wildman–Crippen LogP) is 8.77. The molecule has 0 aromatic heterocycles. The van der Waals surface area contributed by atoms with Crippen molar-refractivity contribution in [2.24, 2.45) is 0 Å². The molecule has 3 aromatic rings. The number of esters is 2. The van der Waals surface area contributed by atoms with Crippen molar-refractivity contribution in [3.05, 3.63) is 83.7 Å². The van der Waals surface area contributed by atoms with Crippen molar-refractivity contribution < 1.29 is 32.9 Å². The third-order valence-electron chi connectivity index (χ3n) is 6.79. The van der Waals surface area contributed by atoms with Gasteiger partial charge in [0.25, 0.3) is 0 Å². The molecule has 0 radical (unpaired) electrons. The van der Waals surface area contributed by atoms with Gasteiger partial charge in [-0.25, -0.2) is 14.0 Å². The van der Waals surface area contributed by atoms with E-state index in [0.717, 1.165) is 35.1 Å². The SMILES string of the molecule is CCCCCCCCCOc1ccc(-c2ccc(C(=O)Oc3ccc(C(=O)O[C@H](C)COCCSC)cc3F)cc2)cc1. The second-order valence-electron chi connectivity index (χ2n) is 10.4. The molecule has 0 aliphatic carbocycles. The first-order valence-corrected chi connectivity index (χ1v) is 16.4. The summed E-state index contributed by atoms with van der Waals surface area (Å²) in [5.74, 6) is -0.809. The third kappa shape index (κ3) is 12.0. The standard InChI is InChI=1S/C35H43FO6S/c1-4-5-6-7-8-9-10-21-40-31-18-15-28(16-19-31)27-11-13-29(14-12-27)34(37)42-33-20-17-30(24-32(33)36)35(38)41-26(2)25-39-22-23-43-3/h11-20,24,26H,4-10,21-23,25H2,1-3H3/t26-/m1/s1. The molecule has 8 heteroatoms. The lowest BCUT2D eigenvalue weighted by atomic mass is 10.0. The summed E-state index contributed by atoms with van der Waals surface area (Å²) in [6.07, 6.45) is 10.2. The van der Waals surface area contributed by atoms with Crippen LogP contribution in [0.25, 0.3) is 11.1 Å². The monoisotopic (exact) mass is 610 g/mol. The van der Waals surface area contributed by atoms with E-state index < -0.39 is 23.9 Å². The maximum absolute atomic E-state index is 14.7. The van der Waals surface area contributed by atoms with Crippen LogP contribution in [0.4, 0.5) is 4.39 Å². The molecule has 0 N–H and O–H groups in total. The largest absolute Gasteiger partial charge is 0.494 e. The average Bonchev–Trinajstić information content (AvgIpc) is 3.02. The van der Waals surface area contributed by atoms with Crippen molar-refractivity contribution in [1.82, 2.24) is 0 Å². The minimum Gasteiger partial charge on any atom is -0.494 e. The van der Waals surface area contributed by atoms with Gasteiger partial charge in [0.15, 0.2) is 11.6 Å². The zero-order chi connectivity index (χ0) is 30.9. The second kappa shape index (κ2) is 19.0. The molecule has 6 nitrogen and oxygen atoms in total. The van der Waals surface area contributed by atoms with Crippen LogP contribution in [0.5, 0.6) is 11.5 Å². The Morgan fingerprint density at radius 3 is 2.07 bits per heavy atom. The van der Waals surface area contributed by atoms with Gasteiger partial charge in [-0.15, -0.1) is 0 Å². The van der Waals surface area contributed by atoms with Crippen LogP contribution in [0, 0.1) is 5.82 Å². The molecule has 0 heterocycles. The van der Waals surface area contributed by atoms with Gasteiger partial charge in [-0.2, -0.15) is 11.8 Å². The molecule has 3 aromatic carbocycles. The first-order valence-electron chi connectivity index (χ1n) is 15.0. The number of halogens is 1. The van der Waals surface area contributed by atoms with Crippen LogP contribution in [-0.4, -0.2) is 49.9 Å². The Bertz CT molecular complexity index is 1260. The Morgan fingerprint density at radius 2 is 1.42 bits per heavy atom. The maximum Gasteiger partial charge on any atom is 0.343 e. The minimum absolute atomic E-state index is 0.0202. The van der Waals surface area contributed by atoms with E-state index in [9.17, 15) is 14.0 Å². The Hall–Kier alpha value is -3.36. The summed E-state index contributed by atoms with van der Waals surface area (Å²) < 4.78 is 36.6. The van der Waals surface area contributed by atoms with Crippen LogP contribution in [0.2, 0.25) is 0 Å². The minimum atomic E-state index is -0.836. The summed E-state index contributed by atoms with van der Waals surface area (Å²) in [6.45, 7) is 5.46. The Kier molecular flexibility index (Phi) is 15.1. The molecular formula is C35H43FO6S. The zero-order valence-electron chi connectivity index (χ0n) is 25.4. The third-order valence-corrected chi connectivity index (χ3v) is 7.36. The summed E-state index contributed by atoms with van der Waals surface area (Å²) in [4.78, 5) is 25.0. The molecule has 0 aliphatic rings. The van der Waals surface area contributed by atoms with Crippen LogP contribution >= 0.6 is 11.8 Å². The van der Waals surface area contributed by atoms with Crippen molar-refractivity contribution >= 4 is 23.7 Å². The lowest BCUT2D eigenvalue weighted by Crippen LogP contribution is -2.21. The van der Waals surface area contributed by atoms with Crippen LogP contribution in [0.15, 0.2) is 66.7 Å². The highest BCUT2D eigenvalue weighted by molar-refractivity contribution is 7.98.